The molecule has 0 unspecified atom stereocenters. The number of rotatable bonds is 5. The van der Waals surface area contributed by atoms with Crippen molar-refractivity contribution < 1.29 is 9.53 Å². The molecule has 19 heavy (non-hydrogen) atoms. The van der Waals surface area contributed by atoms with E-state index in [0.29, 0.717) is 11.7 Å². The molecule has 0 aromatic carbocycles. The SMILES string of the molecule is COCCC[C@@H]1CCCCN1C(=O)c1cnccn1. The van der Waals surface area contributed by atoms with Crippen molar-refractivity contribution in [3.05, 3.63) is 24.3 Å². The van der Waals surface area contributed by atoms with Crippen LogP contribution in [0.25, 0.3) is 0 Å². The number of hydrogen-bond acceptors (Lipinski definition) is 4. The van der Waals surface area contributed by atoms with Crippen LogP contribution in [-0.4, -0.2) is 47.1 Å². The third-order valence-electron chi connectivity index (χ3n) is 3.56. The zero-order valence-corrected chi connectivity index (χ0v) is 11.4. The van der Waals surface area contributed by atoms with E-state index in [1.165, 1.54) is 6.42 Å². The first-order valence-corrected chi connectivity index (χ1v) is 6.89. The lowest BCUT2D eigenvalue weighted by Gasteiger charge is -2.35. The molecule has 1 aromatic rings. The Balaban J connectivity index is 2.00. The van der Waals surface area contributed by atoms with Crippen molar-refractivity contribution in [2.75, 3.05) is 20.3 Å². The van der Waals surface area contributed by atoms with Gasteiger partial charge < -0.3 is 9.64 Å². The van der Waals surface area contributed by atoms with Gasteiger partial charge in [-0.15, -0.1) is 0 Å². The van der Waals surface area contributed by atoms with Gasteiger partial charge >= 0.3 is 0 Å². The van der Waals surface area contributed by atoms with E-state index >= 15 is 0 Å². The predicted octanol–water partition coefficient (Wildman–Crippen LogP) is 1.90. The van der Waals surface area contributed by atoms with Crippen LogP contribution in [0.3, 0.4) is 0 Å². The summed E-state index contributed by atoms with van der Waals surface area (Å²) >= 11 is 0. The highest BCUT2D eigenvalue weighted by Crippen LogP contribution is 2.22. The molecule has 0 N–H and O–H groups in total. The maximum atomic E-state index is 12.4. The van der Waals surface area contributed by atoms with Gasteiger partial charge in [-0.25, -0.2) is 4.98 Å². The summed E-state index contributed by atoms with van der Waals surface area (Å²) in [5, 5.41) is 0. The van der Waals surface area contributed by atoms with Crippen molar-refractivity contribution in [2.24, 2.45) is 0 Å². The van der Waals surface area contributed by atoms with Gasteiger partial charge in [-0.2, -0.15) is 0 Å². The molecule has 2 rings (SSSR count). The fraction of sp³-hybridized carbons (Fsp3) is 0.643. The summed E-state index contributed by atoms with van der Waals surface area (Å²) in [7, 11) is 1.71. The fourth-order valence-electron chi connectivity index (χ4n) is 2.59. The standard InChI is InChI=1S/C14H21N3O2/c1-19-10-4-6-12-5-2-3-9-17(12)14(18)13-11-15-7-8-16-13/h7-8,11-12H,2-6,9-10H2,1H3/t12-/m0/s1. The van der Waals surface area contributed by atoms with Gasteiger partial charge in [0.2, 0.25) is 0 Å². The molecule has 1 fully saturated rings. The second-order valence-corrected chi connectivity index (χ2v) is 4.87. The number of aromatic nitrogens is 2. The lowest BCUT2D eigenvalue weighted by molar-refractivity contribution is 0.0578. The molecule has 2 heterocycles. The quantitative estimate of drug-likeness (QED) is 0.761. The number of hydrogen-bond donors (Lipinski definition) is 0. The molecule has 1 amide bonds. The summed E-state index contributed by atoms with van der Waals surface area (Å²) in [6.45, 7) is 1.58. The van der Waals surface area contributed by atoms with Crippen LogP contribution in [0.1, 0.15) is 42.6 Å². The second-order valence-electron chi connectivity index (χ2n) is 4.87. The number of methoxy groups -OCH3 is 1. The number of likely N-dealkylation sites (tertiary alicyclic amines) is 1. The largest absolute Gasteiger partial charge is 0.385 e. The molecular formula is C14H21N3O2. The minimum atomic E-state index is 0.00946. The molecule has 1 aliphatic rings. The summed E-state index contributed by atoms with van der Waals surface area (Å²) in [6.07, 6.45) is 10.0. The first-order chi connectivity index (χ1) is 9.33. The van der Waals surface area contributed by atoms with Crippen LogP contribution < -0.4 is 0 Å². The van der Waals surface area contributed by atoms with Crippen molar-refractivity contribution in [3.8, 4) is 0 Å². The van der Waals surface area contributed by atoms with E-state index in [1.807, 2.05) is 4.90 Å². The molecule has 0 radical (unpaired) electrons. The Morgan fingerprint density at radius 3 is 3.11 bits per heavy atom. The Bertz CT molecular complexity index is 397. The molecule has 0 aliphatic carbocycles. The zero-order chi connectivity index (χ0) is 13.5. The maximum absolute atomic E-state index is 12.4. The van der Waals surface area contributed by atoms with Crippen LogP contribution in [0.5, 0.6) is 0 Å². The third kappa shape index (κ3) is 3.73. The summed E-state index contributed by atoms with van der Waals surface area (Å²) in [5.41, 5.74) is 0.446. The molecule has 1 atom stereocenters. The van der Waals surface area contributed by atoms with Gasteiger partial charge in [-0.3, -0.25) is 9.78 Å². The molecule has 1 aliphatic heterocycles. The minimum absolute atomic E-state index is 0.00946. The smallest absolute Gasteiger partial charge is 0.274 e. The van der Waals surface area contributed by atoms with E-state index in [9.17, 15) is 4.79 Å². The average molecular weight is 263 g/mol. The summed E-state index contributed by atoms with van der Waals surface area (Å²) in [5.74, 6) is 0.00946. The number of carbonyl (C=O) groups is 1. The molecule has 104 valence electrons. The predicted molar refractivity (Wildman–Crippen MR) is 71.8 cm³/mol. The molecule has 5 heteroatoms. The molecule has 0 saturated carbocycles. The van der Waals surface area contributed by atoms with E-state index in [1.54, 1.807) is 25.7 Å². The Labute approximate surface area is 114 Å². The second kappa shape index (κ2) is 7.19. The van der Waals surface area contributed by atoms with Crippen molar-refractivity contribution in [2.45, 2.75) is 38.1 Å². The molecule has 0 bridgehead atoms. The highest BCUT2D eigenvalue weighted by molar-refractivity contribution is 5.92. The summed E-state index contributed by atoms with van der Waals surface area (Å²) in [6, 6.07) is 0.318. The van der Waals surface area contributed by atoms with Gasteiger partial charge in [0.05, 0.1) is 6.20 Å². The first kappa shape index (κ1) is 13.9. The first-order valence-electron chi connectivity index (χ1n) is 6.89. The number of nitrogens with zero attached hydrogens (tertiary/aromatic N) is 3. The van der Waals surface area contributed by atoms with E-state index < -0.39 is 0 Å². The van der Waals surface area contributed by atoms with Gasteiger partial charge in [0, 0.05) is 38.7 Å². The zero-order valence-electron chi connectivity index (χ0n) is 11.4. The minimum Gasteiger partial charge on any atom is -0.385 e. The van der Waals surface area contributed by atoms with Gasteiger partial charge in [-0.05, 0) is 32.1 Å². The number of ether oxygens (including phenoxy) is 1. The van der Waals surface area contributed by atoms with Crippen LogP contribution in [-0.2, 0) is 4.74 Å². The van der Waals surface area contributed by atoms with Gasteiger partial charge in [0.1, 0.15) is 5.69 Å². The lowest BCUT2D eigenvalue weighted by Crippen LogP contribution is -2.44. The van der Waals surface area contributed by atoms with E-state index in [4.69, 9.17) is 4.74 Å². The molecule has 5 nitrogen and oxygen atoms in total. The van der Waals surface area contributed by atoms with Crippen molar-refractivity contribution in [1.29, 1.82) is 0 Å². The highest BCUT2D eigenvalue weighted by atomic mass is 16.5. The monoisotopic (exact) mass is 263 g/mol. The van der Waals surface area contributed by atoms with E-state index in [0.717, 1.165) is 38.8 Å². The Hall–Kier alpha value is -1.49. The van der Waals surface area contributed by atoms with Crippen LogP contribution >= 0.6 is 0 Å². The van der Waals surface area contributed by atoms with Crippen molar-refractivity contribution in [1.82, 2.24) is 14.9 Å². The Morgan fingerprint density at radius 1 is 1.47 bits per heavy atom. The van der Waals surface area contributed by atoms with E-state index in [-0.39, 0.29) is 5.91 Å². The van der Waals surface area contributed by atoms with Gasteiger partial charge in [-0.1, -0.05) is 0 Å². The molecule has 1 saturated heterocycles. The lowest BCUT2D eigenvalue weighted by atomic mass is 9.97. The Morgan fingerprint density at radius 2 is 2.37 bits per heavy atom. The topological polar surface area (TPSA) is 55.3 Å². The van der Waals surface area contributed by atoms with Gasteiger partial charge in [0.25, 0.3) is 5.91 Å². The van der Waals surface area contributed by atoms with Crippen molar-refractivity contribution in [3.63, 3.8) is 0 Å². The van der Waals surface area contributed by atoms with Crippen LogP contribution in [0.15, 0.2) is 18.6 Å². The fourth-order valence-corrected chi connectivity index (χ4v) is 2.59. The molecule has 1 aromatic heterocycles. The molecular weight excluding hydrogens is 242 g/mol. The van der Waals surface area contributed by atoms with Crippen LogP contribution in [0.4, 0.5) is 0 Å². The van der Waals surface area contributed by atoms with Crippen LogP contribution in [0.2, 0.25) is 0 Å². The average Bonchev–Trinajstić information content (AvgIpc) is 2.48. The third-order valence-corrected chi connectivity index (χ3v) is 3.56. The van der Waals surface area contributed by atoms with E-state index in [2.05, 4.69) is 9.97 Å². The molecule has 0 spiro atoms. The number of carbonyl (C=O) groups excluding carboxylic acids is 1. The summed E-state index contributed by atoms with van der Waals surface area (Å²) < 4.78 is 5.09. The van der Waals surface area contributed by atoms with Crippen LogP contribution in [0, 0.1) is 0 Å². The van der Waals surface area contributed by atoms with Crippen molar-refractivity contribution >= 4 is 5.91 Å². The number of piperidine rings is 1. The van der Waals surface area contributed by atoms with Gasteiger partial charge in [0.15, 0.2) is 0 Å². The normalized spacial score (nSPS) is 19.4. The Kier molecular flexibility index (Phi) is 5.27. The highest BCUT2D eigenvalue weighted by Gasteiger charge is 2.27. The maximum Gasteiger partial charge on any atom is 0.274 e. The number of amides is 1. The summed E-state index contributed by atoms with van der Waals surface area (Å²) in [4.78, 5) is 22.5.